The number of carbonyl (C=O) groups is 2. The molecule has 0 aliphatic carbocycles. The Bertz CT molecular complexity index is 1220. The molecule has 2 N–H and O–H groups in total. The molecule has 1 aromatic heterocycles. The SMILES string of the molecule is Cc1cc(C(=O)Nc2ccccc2C(=O)NCCc2ccccc2)nn1-c1ccccc1. The third kappa shape index (κ3) is 4.92. The molecule has 0 unspecified atom stereocenters. The van der Waals surface area contributed by atoms with E-state index < -0.39 is 0 Å². The van der Waals surface area contributed by atoms with Gasteiger partial charge in [-0.25, -0.2) is 4.68 Å². The Morgan fingerprint density at radius 3 is 2.25 bits per heavy atom. The average Bonchev–Trinajstić information content (AvgIpc) is 3.22. The molecule has 4 rings (SSSR count). The van der Waals surface area contributed by atoms with E-state index in [1.165, 1.54) is 0 Å². The van der Waals surface area contributed by atoms with Crippen molar-refractivity contribution < 1.29 is 9.59 Å². The molecule has 0 aliphatic rings. The zero-order valence-electron chi connectivity index (χ0n) is 17.8. The van der Waals surface area contributed by atoms with Gasteiger partial charge >= 0.3 is 0 Å². The summed E-state index contributed by atoms with van der Waals surface area (Å²) in [5.74, 6) is -0.602. The molecule has 0 atom stereocenters. The molecular formula is C26H24N4O2. The van der Waals surface area contributed by atoms with Crippen molar-refractivity contribution in [2.75, 3.05) is 11.9 Å². The van der Waals surface area contributed by atoms with E-state index in [9.17, 15) is 9.59 Å². The van der Waals surface area contributed by atoms with Gasteiger partial charge in [0, 0.05) is 12.2 Å². The van der Waals surface area contributed by atoms with Crippen molar-refractivity contribution in [2.24, 2.45) is 0 Å². The largest absolute Gasteiger partial charge is 0.352 e. The van der Waals surface area contributed by atoms with E-state index in [0.717, 1.165) is 23.4 Å². The summed E-state index contributed by atoms with van der Waals surface area (Å²) in [5, 5.41) is 10.2. The third-order valence-corrected chi connectivity index (χ3v) is 5.08. The molecule has 32 heavy (non-hydrogen) atoms. The molecule has 0 aliphatic heterocycles. The summed E-state index contributed by atoms with van der Waals surface area (Å²) in [4.78, 5) is 25.6. The summed E-state index contributed by atoms with van der Waals surface area (Å²) in [6.45, 7) is 2.40. The molecule has 0 fully saturated rings. The zero-order valence-corrected chi connectivity index (χ0v) is 17.8. The van der Waals surface area contributed by atoms with Crippen LogP contribution in [0.3, 0.4) is 0 Å². The van der Waals surface area contributed by atoms with E-state index in [0.29, 0.717) is 17.8 Å². The lowest BCUT2D eigenvalue weighted by molar-refractivity contribution is 0.0955. The monoisotopic (exact) mass is 424 g/mol. The number of hydrogen-bond acceptors (Lipinski definition) is 3. The second-order valence-electron chi connectivity index (χ2n) is 7.41. The van der Waals surface area contributed by atoms with Gasteiger partial charge in [-0.15, -0.1) is 0 Å². The highest BCUT2D eigenvalue weighted by molar-refractivity contribution is 6.08. The van der Waals surface area contributed by atoms with Crippen LogP contribution in [0.4, 0.5) is 5.69 Å². The van der Waals surface area contributed by atoms with Gasteiger partial charge in [0.25, 0.3) is 11.8 Å². The van der Waals surface area contributed by atoms with Crippen molar-refractivity contribution in [1.82, 2.24) is 15.1 Å². The van der Waals surface area contributed by atoms with Crippen LogP contribution in [0, 0.1) is 6.92 Å². The molecule has 3 aromatic carbocycles. The predicted octanol–water partition coefficient (Wildman–Crippen LogP) is 4.41. The van der Waals surface area contributed by atoms with Gasteiger partial charge in [0.2, 0.25) is 0 Å². The summed E-state index contributed by atoms with van der Waals surface area (Å²) < 4.78 is 1.72. The second-order valence-corrected chi connectivity index (χ2v) is 7.41. The molecule has 160 valence electrons. The number of amides is 2. The quantitative estimate of drug-likeness (QED) is 0.462. The Labute approximate surface area is 186 Å². The molecule has 0 saturated heterocycles. The Kier molecular flexibility index (Phi) is 6.41. The zero-order chi connectivity index (χ0) is 22.3. The van der Waals surface area contributed by atoms with E-state index in [4.69, 9.17) is 0 Å². The summed E-state index contributed by atoms with van der Waals surface area (Å²) in [6, 6.07) is 28.3. The van der Waals surface area contributed by atoms with Gasteiger partial charge in [0.05, 0.1) is 16.9 Å². The summed E-state index contributed by atoms with van der Waals surface area (Å²) in [5.41, 5.74) is 4.01. The lowest BCUT2D eigenvalue weighted by atomic mass is 10.1. The maximum atomic E-state index is 12.9. The first-order valence-corrected chi connectivity index (χ1v) is 10.5. The Hall–Kier alpha value is -4.19. The van der Waals surface area contributed by atoms with Crippen LogP contribution in [-0.2, 0) is 6.42 Å². The van der Waals surface area contributed by atoms with Crippen molar-refractivity contribution in [3.63, 3.8) is 0 Å². The van der Waals surface area contributed by atoms with Gasteiger partial charge in [-0.05, 0) is 49.2 Å². The van der Waals surface area contributed by atoms with Crippen LogP contribution < -0.4 is 10.6 Å². The fourth-order valence-corrected chi connectivity index (χ4v) is 3.45. The molecule has 0 bridgehead atoms. The molecule has 1 heterocycles. The van der Waals surface area contributed by atoms with Crippen molar-refractivity contribution in [3.05, 3.63) is 114 Å². The van der Waals surface area contributed by atoms with E-state index in [1.54, 1.807) is 35.0 Å². The molecular weight excluding hydrogens is 400 g/mol. The molecule has 2 amide bonds. The normalized spacial score (nSPS) is 10.5. The van der Waals surface area contributed by atoms with Gasteiger partial charge in [-0.1, -0.05) is 60.7 Å². The highest BCUT2D eigenvalue weighted by Gasteiger charge is 2.17. The fourth-order valence-electron chi connectivity index (χ4n) is 3.45. The van der Waals surface area contributed by atoms with Crippen LogP contribution in [0.25, 0.3) is 5.69 Å². The van der Waals surface area contributed by atoms with Crippen LogP contribution in [0.15, 0.2) is 91.0 Å². The number of rotatable bonds is 7. The first-order valence-electron chi connectivity index (χ1n) is 10.5. The van der Waals surface area contributed by atoms with E-state index in [-0.39, 0.29) is 17.5 Å². The minimum Gasteiger partial charge on any atom is -0.352 e. The van der Waals surface area contributed by atoms with Gasteiger partial charge < -0.3 is 10.6 Å². The number of aryl methyl sites for hydroxylation is 1. The second kappa shape index (κ2) is 9.75. The summed E-state index contributed by atoms with van der Waals surface area (Å²) in [7, 11) is 0. The standard InChI is InChI=1S/C26H24N4O2/c1-19-18-24(29-30(19)21-12-6-3-7-13-21)26(32)28-23-15-9-8-14-22(23)25(31)27-17-16-20-10-4-2-5-11-20/h2-15,18H,16-17H2,1H3,(H,27,31)(H,28,32). The maximum Gasteiger partial charge on any atom is 0.276 e. The van der Waals surface area contributed by atoms with Gasteiger partial charge in [0.15, 0.2) is 5.69 Å². The van der Waals surface area contributed by atoms with Crippen molar-refractivity contribution in [1.29, 1.82) is 0 Å². The summed E-state index contributed by atoms with van der Waals surface area (Å²) in [6.07, 6.45) is 0.733. The number of carbonyl (C=O) groups excluding carboxylic acids is 2. The van der Waals surface area contributed by atoms with Crippen molar-refractivity contribution >= 4 is 17.5 Å². The van der Waals surface area contributed by atoms with Crippen LogP contribution in [0.5, 0.6) is 0 Å². The topological polar surface area (TPSA) is 76.0 Å². The van der Waals surface area contributed by atoms with Crippen molar-refractivity contribution in [3.8, 4) is 5.69 Å². The highest BCUT2D eigenvalue weighted by atomic mass is 16.2. The minimum absolute atomic E-state index is 0.233. The Morgan fingerprint density at radius 2 is 1.50 bits per heavy atom. The Morgan fingerprint density at radius 1 is 0.844 bits per heavy atom. The van der Waals surface area contributed by atoms with Crippen LogP contribution >= 0.6 is 0 Å². The number of anilines is 1. The van der Waals surface area contributed by atoms with Gasteiger partial charge in [-0.3, -0.25) is 9.59 Å². The first-order chi connectivity index (χ1) is 15.6. The maximum absolute atomic E-state index is 12.9. The predicted molar refractivity (Wildman–Crippen MR) is 125 cm³/mol. The lowest BCUT2D eigenvalue weighted by Gasteiger charge is -2.11. The van der Waals surface area contributed by atoms with E-state index >= 15 is 0 Å². The molecule has 0 spiro atoms. The van der Waals surface area contributed by atoms with Gasteiger partial charge in [0.1, 0.15) is 0 Å². The van der Waals surface area contributed by atoms with Crippen LogP contribution in [0.1, 0.15) is 32.1 Å². The van der Waals surface area contributed by atoms with Gasteiger partial charge in [-0.2, -0.15) is 5.10 Å². The first kappa shape index (κ1) is 21.1. The number of nitrogens with zero attached hydrogens (tertiary/aromatic N) is 2. The number of hydrogen-bond donors (Lipinski definition) is 2. The number of aromatic nitrogens is 2. The molecule has 6 heteroatoms. The number of nitrogens with one attached hydrogen (secondary N) is 2. The number of benzene rings is 3. The molecule has 6 nitrogen and oxygen atoms in total. The van der Waals surface area contributed by atoms with E-state index in [1.807, 2.05) is 67.6 Å². The van der Waals surface area contributed by atoms with Crippen LogP contribution in [-0.4, -0.2) is 28.1 Å². The lowest BCUT2D eigenvalue weighted by Crippen LogP contribution is -2.27. The average molecular weight is 425 g/mol. The smallest absolute Gasteiger partial charge is 0.276 e. The van der Waals surface area contributed by atoms with E-state index in [2.05, 4.69) is 15.7 Å². The fraction of sp³-hybridized carbons (Fsp3) is 0.115. The molecule has 4 aromatic rings. The van der Waals surface area contributed by atoms with Crippen LogP contribution in [0.2, 0.25) is 0 Å². The third-order valence-electron chi connectivity index (χ3n) is 5.08. The highest BCUT2D eigenvalue weighted by Crippen LogP contribution is 2.17. The molecule has 0 radical (unpaired) electrons. The minimum atomic E-state index is -0.368. The number of para-hydroxylation sites is 2. The Balaban J connectivity index is 1.45. The summed E-state index contributed by atoms with van der Waals surface area (Å²) >= 11 is 0. The molecule has 0 saturated carbocycles. The van der Waals surface area contributed by atoms with Crippen molar-refractivity contribution in [2.45, 2.75) is 13.3 Å².